The Morgan fingerprint density at radius 3 is 2.27 bits per heavy atom. The molecule has 0 saturated carbocycles. The Bertz CT molecular complexity index is 1170. The summed E-state index contributed by atoms with van der Waals surface area (Å²) in [7, 11) is 3.20. The molecular weight excluding hydrogens is 421 g/mol. The molecular formula is C27H28FNO4. The van der Waals surface area contributed by atoms with Gasteiger partial charge in [0.1, 0.15) is 17.3 Å². The van der Waals surface area contributed by atoms with E-state index in [0.717, 1.165) is 40.7 Å². The number of amides is 1. The lowest BCUT2D eigenvalue weighted by molar-refractivity contribution is 0.0748. The second-order valence-electron chi connectivity index (χ2n) is 8.34. The van der Waals surface area contributed by atoms with E-state index in [1.54, 1.807) is 32.4 Å². The molecule has 5 nitrogen and oxygen atoms in total. The number of carbonyl (C=O) groups excluding carboxylic acids is 1. The Kier molecular flexibility index (Phi) is 6.65. The van der Waals surface area contributed by atoms with Gasteiger partial charge in [-0.3, -0.25) is 4.79 Å². The SMILES string of the molecule is COc1cc(CN2CCCc3c(cc(CO)cc3-c3ccc(F)cc3C)C2=O)cc(OC)c1. The van der Waals surface area contributed by atoms with Crippen LogP contribution in [0, 0.1) is 12.7 Å². The summed E-state index contributed by atoms with van der Waals surface area (Å²) >= 11 is 0. The number of methoxy groups -OCH3 is 2. The highest BCUT2D eigenvalue weighted by molar-refractivity contribution is 5.98. The Morgan fingerprint density at radius 1 is 0.939 bits per heavy atom. The van der Waals surface area contributed by atoms with Crippen molar-refractivity contribution in [3.05, 3.63) is 82.2 Å². The normalized spacial score (nSPS) is 13.5. The summed E-state index contributed by atoms with van der Waals surface area (Å²) in [4.78, 5) is 15.5. The zero-order valence-electron chi connectivity index (χ0n) is 19.2. The van der Waals surface area contributed by atoms with Gasteiger partial charge in [0, 0.05) is 24.7 Å². The molecule has 1 aliphatic rings. The zero-order chi connectivity index (χ0) is 23.5. The molecule has 3 aromatic rings. The number of aryl methyl sites for hydroxylation is 1. The van der Waals surface area contributed by atoms with E-state index in [2.05, 4.69) is 0 Å². The third-order valence-corrected chi connectivity index (χ3v) is 6.13. The number of aliphatic hydroxyl groups is 1. The number of rotatable bonds is 6. The van der Waals surface area contributed by atoms with Crippen molar-refractivity contribution in [2.45, 2.75) is 32.9 Å². The lowest BCUT2D eigenvalue weighted by Gasteiger charge is -2.22. The fourth-order valence-electron chi connectivity index (χ4n) is 4.50. The number of hydrogen-bond donors (Lipinski definition) is 1. The standard InChI is InChI=1S/C27H28FNO4/c1-17-9-20(28)6-7-23(17)25-12-19(16-30)13-26-24(25)5-4-8-29(27(26)31)15-18-10-21(32-2)14-22(11-18)33-3/h6-7,9-14,30H,4-5,8,15-16H2,1-3H3. The first-order valence-corrected chi connectivity index (χ1v) is 11.0. The Labute approximate surface area is 193 Å². The molecule has 4 rings (SSSR count). The van der Waals surface area contributed by atoms with E-state index in [4.69, 9.17) is 9.47 Å². The second kappa shape index (κ2) is 9.63. The first-order valence-electron chi connectivity index (χ1n) is 11.0. The molecule has 0 aliphatic carbocycles. The number of carbonyl (C=O) groups is 1. The molecule has 0 saturated heterocycles. The number of hydrogen-bond acceptors (Lipinski definition) is 4. The smallest absolute Gasteiger partial charge is 0.254 e. The molecule has 1 aliphatic heterocycles. The van der Waals surface area contributed by atoms with Crippen LogP contribution in [0.3, 0.4) is 0 Å². The number of aliphatic hydroxyl groups excluding tert-OH is 1. The van der Waals surface area contributed by atoms with Gasteiger partial charge in [-0.1, -0.05) is 6.07 Å². The van der Waals surface area contributed by atoms with Gasteiger partial charge in [-0.2, -0.15) is 0 Å². The number of nitrogens with zero attached hydrogens (tertiary/aromatic N) is 1. The summed E-state index contributed by atoms with van der Waals surface area (Å²) < 4.78 is 24.5. The number of benzene rings is 3. The molecule has 0 aromatic heterocycles. The topological polar surface area (TPSA) is 59.0 Å². The quantitative estimate of drug-likeness (QED) is 0.582. The maximum absolute atomic E-state index is 13.7. The molecule has 33 heavy (non-hydrogen) atoms. The highest BCUT2D eigenvalue weighted by Gasteiger charge is 2.26. The predicted molar refractivity (Wildman–Crippen MR) is 125 cm³/mol. The van der Waals surface area contributed by atoms with E-state index in [1.165, 1.54) is 12.1 Å². The Morgan fingerprint density at radius 2 is 1.64 bits per heavy atom. The van der Waals surface area contributed by atoms with Crippen LogP contribution in [0.25, 0.3) is 11.1 Å². The van der Waals surface area contributed by atoms with Crippen LogP contribution in [0.4, 0.5) is 4.39 Å². The van der Waals surface area contributed by atoms with Crippen molar-refractivity contribution in [2.75, 3.05) is 20.8 Å². The molecule has 0 radical (unpaired) electrons. The van der Waals surface area contributed by atoms with E-state index in [-0.39, 0.29) is 18.3 Å². The van der Waals surface area contributed by atoms with Gasteiger partial charge in [0.25, 0.3) is 5.91 Å². The molecule has 0 bridgehead atoms. The maximum Gasteiger partial charge on any atom is 0.254 e. The van der Waals surface area contributed by atoms with E-state index in [1.807, 2.05) is 30.0 Å². The predicted octanol–water partition coefficient (Wildman–Crippen LogP) is 4.90. The van der Waals surface area contributed by atoms with Crippen molar-refractivity contribution in [1.29, 1.82) is 0 Å². The van der Waals surface area contributed by atoms with Crippen LogP contribution in [-0.4, -0.2) is 36.7 Å². The highest BCUT2D eigenvalue weighted by atomic mass is 19.1. The lowest BCUT2D eigenvalue weighted by atomic mass is 9.89. The summed E-state index contributed by atoms with van der Waals surface area (Å²) in [5.74, 6) is 0.963. The van der Waals surface area contributed by atoms with E-state index >= 15 is 0 Å². The number of halogens is 1. The van der Waals surface area contributed by atoms with Crippen molar-refractivity contribution in [3.8, 4) is 22.6 Å². The first kappa shape index (κ1) is 22.8. The molecule has 0 fully saturated rings. The summed E-state index contributed by atoms with van der Waals surface area (Å²) in [5, 5.41) is 9.88. The fourth-order valence-corrected chi connectivity index (χ4v) is 4.50. The van der Waals surface area contributed by atoms with Gasteiger partial charge >= 0.3 is 0 Å². The van der Waals surface area contributed by atoms with Crippen LogP contribution in [0.2, 0.25) is 0 Å². The molecule has 1 N–H and O–H groups in total. The molecule has 0 unspecified atom stereocenters. The highest BCUT2D eigenvalue weighted by Crippen LogP contribution is 2.34. The third-order valence-electron chi connectivity index (χ3n) is 6.13. The molecule has 6 heteroatoms. The molecule has 172 valence electrons. The fraction of sp³-hybridized carbons (Fsp3) is 0.296. The molecule has 0 atom stereocenters. The molecule has 0 spiro atoms. The average Bonchev–Trinajstić information content (AvgIpc) is 2.97. The Balaban J connectivity index is 1.75. The average molecular weight is 450 g/mol. The van der Waals surface area contributed by atoms with Crippen molar-refractivity contribution >= 4 is 5.91 Å². The van der Waals surface area contributed by atoms with Crippen LogP contribution in [0.15, 0.2) is 48.5 Å². The van der Waals surface area contributed by atoms with E-state index in [9.17, 15) is 14.3 Å². The lowest BCUT2D eigenvalue weighted by Crippen LogP contribution is -2.30. The van der Waals surface area contributed by atoms with Crippen molar-refractivity contribution in [2.24, 2.45) is 0 Å². The minimum Gasteiger partial charge on any atom is -0.497 e. The van der Waals surface area contributed by atoms with Gasteiger partial charge in [-0.15, -0.1) is 0 Å². The van der Waals surface area contributed by atoms with Crippen LogP contribution in [0.5, 0.6) is 11.5 Å². The van der Waals surface area contributed by atoms with Gasteiger partial charge in [0.2, 0.25) is 0 Å². The van der Waals surface area contributed by atoms with Crippen molar-refractivity contribution in [3.63, 3.8) is 0 Å². The van der Waals surface area contributed by atoms with Crippen LogP contribution >= 0.6 is 0 Å². The zero-order valence-corrected chi connectivity index (χ0v) is 19.2. The Hall–Kier alpha value is -3.38. The summed E-state index contributed by atoms with van der Waals surface area (Å²) in [6.45, 7) is 2.70. The van der Waals surface area contributed by atoms with Crippen molar-refractivity contribution in [1.82, 2.24) is 4.90 Å². The molecule has 1 amide bonds. The summed E-state index contributed by atoms with van der Waals surface area (Å²) in [6.07, 6.45) is 1.52. The first-order chi connectivity index (χ1) is 15.9. The van der Waals surface area contributed by atoms with Crippen LogP contribution in [-0.2, 0) is 19.6 Å². The monoisotopic (exact) mass is 449 g/mol. The number of ether oxygens (including phenoxy) is 2. The number of fused-ring (bicyclic) bond motifs is 1. The van der Waals surface area contributed by atoms with Gasteiger partial charge in [-0.05, 0) is 89.5 Å². The van der Waals surface area contributed by atoms with E-state index < -0.39 is 0 Å². The second-order valence-corrected chi connectivity index (χ2v) is 8.34. The maximum atomic E-state index is 13.7. The van der Waals surface area contributed by atoms with Gasteiger partial charge in [-0.25, -0.2) is 4.39 Å². The minimum absolute atomic E-state index is 0.0828. The van der Waals surface area contributed by atoms with Crippen LogP contribution < -0.4 is 9.47 Å². The van der Waals surface area contributed by atoms with Crippen LogP contribution in [0.1, 0.15) is 39.0 Å². The van der Waals surface area contributed by atoms with E-state index in [0.29, 0.717) is 35.7 Å². The molecule has 3 aromatic carbocycles. The van der Waals surface area contributed by atoms with Gasteiger partial charge in [0.05, 0.1) is 20.8 Å². The minimum atomic E-state index is -0.295. The van der Waals surface area contributed by atoms with Gasteiger partial charge in [0.15, 0.2) is 0 Å². The largest absolute Gasteiger partial charge is 0.497 e. The van der Waals surface area contributed by atoms with Gasteiger partial charge < -0.3 is 19.5 Å². The summed E-state index contributed by atoms with van der Waals surface area (Å²) in [5.41, 5.74) is 5.66. The summed E-state index contributed by atoms with van der Waals surface area (Å²) in [6, 6.07) is 14.0. The third kappa shape index (κ3) is 4.71. The van der Waals surface area contributed by atoms with Crippen molar-refractivity contribution < 1.29 is 23.8 Å². The molecule has 1 heterocycles.